The van der Waals surface area contributed by atoms with E-state index in [4.69, 9.17) is 0 Å². The van der Waals surface area contributed by atoms with Crippen molar-refractivity contribution in [1.82, 2.24) is 15.5 Å². The van der Waals surface area contributed by atoms with Gasteiger partial charge in [-0.2, -0.15) is 0 Å². The van der Waals surface area contributed by atoms with Gasteiger partial charge in [0.1, 0.15) is 5.01 Å². The summed E-state index contributed by atoms with van der Waals surface area (Å²) >= 11 is 1.48. The smallest absolute Gasteiger partial charge is 0.255 e. The number of amides is 1. The Balaban J connectivity index is 1.91. The van der Waals surface area contributed by atoms with Gasteiger partial charge in [-0.3, -0.25) is 4.79 Å². The summed E-state index contributed by atoms with van der Waals surface area (Å²) < 4.78 is 24.1. The van der Waals surface area contributed by atoms with E-state index < -0.39 is 13.0 Å². The quantitative estimate of drug-likeness (QED) is 0.911. The van der Waals surface area contributed by atoms with Crippen LogP contribution in [-0.2, 0) is 4.79 Å². The van der Waals surface area contributed by atoms with Gasteiger partial charge in [-0.15, -0.1) is 10.2 Å². The monoisotopic (exact) mass is 290 g/mol. The van der Waals surface area contributed by atoms with Gasteiger partial charge in [0.25, 0.3) is 6.43 Å². The fourth-order valence-electron chi connectivity index (χ4n) is 2.10. The summed E-state index contributed by atoms with van der Waals surface area (Å²) in [7, 11) is 0. The van der Waals surface area contributed by atoms with Crippen LogP contribution in [0.5, 0.6) is 0 Å². The SMILES string of the molecule is Cc1nnc(N2CCCC(C(=O)NCC(F)F)C2)s1. The third kappa shape index (κ3) is 3.82. The lowest BCUT2D eigenvalue weighted by Gasteiger charge is -2.31. The number of hydrogen-bond donors (Lipinski definition) is 1. The Labute approximate surface area is 114 Å². The molecule has 5 nitrogen and oxygen atoms in total. The number of halogens is 2. The fraction of sp³-hybridized carbons (Fsp3) is 0.727. The van der Waals surface area contributed by atoms with Crippen molar-refractivity contribution in [2.24, 2.45) is 5.92 Å². The number of aryl methyl sites for hydroxylation is 1. The standard InChI is InChI=1S/C11H16F2N4OS/c1-7-15-16-11(19-7)17-4-2-3-8(6-17)10(18)14-5-9(12)13/h8-9H,2-6H2,1H3,(H,14,18). The highest BCUT2D eigenvalue weighted by Gasteiger charge is 2.27. The maximum atomic E-state index is 12.1. The number of carbonyl (C=O) groups is 1. The van der Waals surface area contributed by atoms with Crippen LogP contribution in [0.4, 0.5) is 13.9 Å². The molecule has 0 aromatic carbocycles. The highest BCUT2D eigenvalue weighted by Crippen LogP contribution is 2.25. The van der Waals surface area contributed by atoms with Crippen molar-refractivity contribution in [2.45, 2.75) is 26.2 Å². The zero-order valence-corrected chi connectivity index (χ0v) is 11.4. The fourth-order valence-corrected chi connectivity index (χ4v) is 2.82. The van der Waals surface area contributed by atoms with Crippen LogP contribution >= 0.6 is 11.3 Å². The molecule has 1 aromatic rings. The second-order valence-electron chi connectivity index (χ2n) is 4.53. The van der Waals surface area contributed by atoms with Crippen molar-refractivity contribution >= 4 is 22.4 Å². The number of piperidine rings is 1. The third-order valence-electron chi connectivity index (χ3n) is 3.01. The van der Waals surface area contributed by atoms with Gasteiger partial charge in [-0.05, 0) is 19.8 Å². The zero-order chi connectivity index (χ0) is 13.8. The molecule has 1 aliphatic heterocycles. The number of nitrogens with one attached hydrogen (secondary N) is 1. The summed E-state index contributed by atoms with van der Waals surface area (Å²) in [4.78, 5) is 13.8. The summed E-state index contributed by atoms with van der Waals surface area (Å²) in [6.07, 6.45) is -0.927. The predicted octanol–water partition coefficient (Wildman–Crippen LogP) is 1.44. The molecular formula is C11H16F2N4OS. The van der Waals surface area contributed by atoms with E-state index in [0.29, 0.717) is 6.54 Å². The first-order valence-electron chi connectivity index (χ1n) is 6.17. The number of nitrogens with zero attached hydrogens (tertiary/aromatic N) is 3. The average molecular weight is 290 g/mol. The van der Waals surface area contributed by atoms with Gasteiger partial charge in [-0.1, -0.05) is 11.3 Å². The lowest BCUT2D eigenvalue weighted by atomic mass is 9.97. The highest BCUT2D eigenvalue weighted by atomic mass is 32.1. The van der Waals surface area contributed by atoms with E-state index in [2.05, 4.69) is 15.5 Å². The summed E-state index contributed by atoms with van der Waals surface area (Å²) in [6, 6.07) is 0. The molecule has 1 atom stereocenters. The van der Waals surface area contributed by atoms with Crippen LogP contribution in [0.25, 0.3) is 0 Å². The van der Waals surface area contributed by atoms with Crippen molar-refractivity contribution in [3.05, 3.63) is 5.01 Å². The summed E-state index contributed by atoms with van der Waals surface area (Å²) in [5.74, 6) is -0.553. The molecule has 0 bridgehead atoms. The second kappa shape index (κ2) is 6.23. The molecule has 1 aliphatic rings. The topological polar surface area (TPSA) is 58.1 Å². The molecule has 1 aromatic heterocycles. The number of rotatable bonds is 4. The van der Waals surface area contributed by atoms with Crippen LogP contribution < -0.4 is 10.2 Å². The highest BCUT2D eigenvalue weighted by molar-refractivity contribution is 7.15. The number of alkyl halides is 2. The Hall–Kier alpha value is -1.31. The minimum Gasteiger partial charge on any atom is -0.350 e. The molecule has 1 N–H and O–H groups in total. The van der Waals surface area contributed by atoms with Gasteiger partial charge in [0, 0.05) is 13.1 Å². The Morgan fingerprint density at radius 2 is 2.37 bits per heavy atom. The van der Waals surface area contributed by atoms with Crippen LogP contribution in [0.15, 0.2) is 0 Å². The summed E-state index contributed by atoms with van der Waals surface area (Å²) in [5.41, 5.74) is 0. The average Bonchev–Trinajstić information content (AvgIpc) is 2.83. The normalized spacial score (nSPS) is 19.8. The van der Waals surface area contributed by atoms with E-state index in [0.717, 1.165) is 29.5 Å². The van der Waals surface area contributed by atoms with Crippen LogP contribution in [0.2, 0.25) is 0 Å². The molecular weight excluding hydrogens is 274 g/mol. The maximum absolute atomic E-state index is 12.1. The van der Waals surface area contributed by atoms with Crippen molar-refractivity contribution in [1.29, 1.82) is 0 Å². The Bertz CT molecular complexity index is 440. The molecule has 19 heavy (non-hydrogen) atoms. The van der Waals surface area contributed by atoms with E-state index in [9.17, 15) is 13.6 Å². The number of carbonyl (C=O) groups excluding carboxylic acids is 1. The maximum Gasteiger partial charge on any atom is 0.255 e. The molecule has 0 aliphatic carbocycles. The van der Waals surface area contributed by atoms with Crippen molar-refractivity contribution in [3.63, 3.8) is 0 Å². The lowest BCUT2D eigenvalue weighted by molar-refractivity contribution is -0.125. The molecule has 0 spiro atoms. The van der Waals surface area contributed by atoms with E-state index in [1.165, 1.54) is 11.3 Å². The third-order valence-corrected chi connectivity index (χ3v) is 3.91. The van der Waals surface area contributed by atoms with Gasteiger partial charge >= 0.3 is 0 Å². The van der Waals surface area contributed by atoms with Crippen LogP contribution in [0.1, 0.15) is 17.8 Å². The predicted molar refractivity (Wildman–Crippen MR) is 68.6 cm³/mol. The van der Waals surface area contributed by atoms with Gasteiger partial charge < -0.3 is 10.2 Å². The Morgan fingerprint density at radius 3 is 3.00 bits per heavy atom. The van der Waals surface area contributed by atoms with E-state index >= 15 is 0 Å². The molecule has 1 saturated heterocycles. The molecule has 0 radical (unpaired) electrons. The Kier molecular flexibility index (Phi) is 4.62. The first-order chi connectivity index (χ1) is 9.06. The molecule has 8 heteroatoms. The molecule has 1 fully saturated rings. The van der Waals surface area contributed by atoms with E-state index in [1.54, 1.807) is 0 Å². The molecule has 2 rings (SSSR count). The van der Waals surface area contributed by atoms with Gasteiger partial charge in [0.05, 0.1) is 12.5 Å². The van der Waals surface area contributed by atoms with Crippen LogP contribution in [-0.4, -0.2) is 42.2 Å². The van der Waals surface area contributed by atoms with Gasteiger partial charge in [0.2, 0.25) is 11.0 Å². The molecule has 0 saturated carbocycles. The summed E-state index contributed by atoms with van der Waals surface area (Å²) in [6.45, 7) is 2.64. The first-order valence-corrected chi connectivity index (χ1v) is 6.99. The van der Waals surface area contributed by atoms with Crippen LogP contribution in [0, 0.1) is 12.8 Å². The Morgan fingerprint density at radius 1 is 1.58 bits per heavy atom. The lowest BCUT2D eigenvalue weighted by Crippen LogP contribution is -2.44. The van der Waals surface area contributed by atoms with E-state index in [1.807, 2.05) is 11.8 Å². The number of anilines is 1. The first kappa shape index (κ1) is 14.1. The van der Waals surface area contributed by atoms with Gasteiger partial charge in [-0.25, -0.2) is 8.78 Å². The van der Waals surface area contributed by atoms with Gasteiger partial charge in [0.15, 0.2) is 0 Å². The molecule has 1 amide bonds. The zero-order valence-electron chi connectivity index (χ0n) is 10.6. The second-order valence-corrected chi connectivity index (χ2v) is 5.69. The largest absolute Gasteiger partial charge is 0.350 e. The molecule has 1 unspecified atom stereocenters. The summed E-state index contributed by atoms with van der Waals surface area (Å²) in [5, 5.41) is 11.9. The molecule has 106 valence electrons. The molecule has 2 heterocycles. The minimum absolute atomic E-state index is 0.253. The van der Waals surface area contributed by atoms with E-state index in [-0.39, 0.29) is 11.8 Å². The van der Waals surface area contributed by atoms with Crippen molar-refractivity contribution < 1.29 is 13.6 Å². The minimum atomic E-state index is -2.51. The van der Waals surface area contributed by atoms with Crippen molar-refractivity contribution in [2.75, 3.05) is 24.5 Å². The van der Waals surface area contributed by atoms with Crippen molar-refractivity contribution in [3.8, 4) is 0 Å². The van der Waals surface area contributed by atoms with Crippen LogP contribution in [0.3, 0.4) is 0 Å². The number of hydrogen-bond acceptors (Lipinski definition) is 5. The number of aromatic nitrogens is 2.